The average Bonchev–Trinajstić information content (AvgIpc) is 2.60. The van der Waals surface area contributed by atoms with Crippen molar-refractivity contribution in [1.29, 1.82) is 0 Å². The van der Waals surface area contributed by atoms with E-state index in [4.69, 9.17) is 0 Å². The van der Waals surface area contributed by atoms with Gasteiger partial charge in [0.15, 0.2) is 6.10 Å². The molecule has 1 aliphatic heterocycles. The van der Waals surface area contributed by atoms with Gasteiger partial charge in [-0.15, -0.1) is 0 Å². The van der Waals surface area contributed by atoms with Crippen LogP contribution in [0.1, 0.15) is 58.3 Å². The third-order valence-corrected chi connectivity index (χ3v) is 3.62. The highest BCUT2D eigenvalue weighted by atomic mass is 16.3. The van der Waals surface area contributed by atoms with Crippen LogP contribution < -0.4 is 0 Å². The lowest BCUT2D eigenvalue weighted by Gasteiger charge is -2.15. The number of hydrogen-bond donors (Lipinski definition) is 2. The number of aliphatic hydroxyl groups excluding tert-OH is 2. The highest BCUT2D eigenvalue weighted by Crippen LogP contribution is 2.14. The third-order valence-electron chi connectivity index (χ3n) is 3.62. The Bertz CT molecular complexity index is 245. The molecule has 1 aliphatic rings. The monoisotopic (exact) mass is 257 g/mol. The molecule has 4 nitrogen and oxygen atoms in total. The Balaban J connectivity index is 1.97. The molecule has 0 aromatic heterocycles. The molecule has 4 heteroatoms. The van der Waals surface area contributed by atoms with Crippen molar-refractivity contribution < 1.29 is 15.0 Å². The van der Waals surface area contributed by atoms with Crippen LogP contribution >= 0.6 is 0 Å². The summed E-state index contributed by atoms with van der Waals surface area (Å²) in [6.07, 6.45) is 7.76. The van der Waals surface area contributed by atoms with Crippen molar-refractivity contribution in [1.82, 2.24) is 4.90 Å². The minimum absolute atomic E-state index is 0.288. The summed E-state index contributed by atoms with van der Waals surface area (Å²) in [7, 11) is 0. The van der Waals surface area contributed by atoms with Gasteiger partial charge in [-0.25, -0.2) is 0 Å². The summed E-state index contributed by atoms with van der Waals surface area (Å²) < 4.78 is 0. The van der Waals surface area contributed by atoms with Gasteiger partial charge >= 0.3 is 0 Å². The van der Waals surface area contributed by atoms with Crippen LogP contribution in [0.15, 0.2) is 0 Å². The second-order valence-electron chi connectivity index (χ2n) is 5.27. The smallest absolute Gasteiger partial charge is 0.254 e. The van der Waals surface area contributed by atoms with Gasteiger partial charge in [0.25, 0.3) is 5.91 Å². The van der Waals surface area contributed by atoms with Crippen LogP contribution in [-0.4, -0.2) is 46.3 Å². The number of aliphatic hydroxyl groups is 2. The van der Waals surface area contributed by atoms with Gasteiger partial charge in [0.2, 0.25) is 0 Å². The summed E-state index contributed by atoms with van der Waals surface area (Å²) in [6, 6.07) is 0. The van der Waals surface area contributed by atoms with Gasteiger partial charge in [-0.05, 0) is 6.42 Å². The molecule has 1 rings (SSSR count). The largest absolute Gasteiger partial charge is 0.388 e. The van der Waals surface area contributed by atoms with Crippen LogP contribution in [0.25, 0.3) is 0 Å². The molecule has 0 saturated carbocycles. The molecule has 0 aromatic carbocycles. The Labute approximate surface area is 110 Å². The van der Waals surface area contributed by atoms with Gasteiger partial charge < -0.3 is 15.1 Å². The molecule has 2 atom stereocenters. The minimum Gasteiger partial charge on any atom is -0.388 e. The van der Waals surface area contributed by atoms with Crippen LogP contribution in [0, 0.1) is 0 Å². The van der Waals surface area contributed by atoms with Gasteiger partial charge in [-0.2, -0.15) is 0 Å². The fourth-order valence-electron chi connectivity index (χ4n) is 2.41. The zero-order chi connectivity index (χ0) is 13.4. The first-order valence-electron chi connectivity index (χ1n) is 7.31. The Morgan fingerprint density at radius 2 is 1.61 bits per heavy atom. The van der Waals surface area contributed by atoms with Crippen molar-refractivity contribution in [2.45, 2.75) is 70.5 Å². The van der Waals surface area contributed by atoms with Crippen LogP contribution in [0.3, 0.4) is 0 Å². The molecular weight excluding hydrogens is 230 g/mol. The number of rotatable bonds is 9. The standard InChI is InChI=1S/C14H27NO3/c1-2-3-4-5-6-7-8-9-10-15-11-12(16)13(17)14(15)18/h12-13,16-17H,2-11H2,1H3/t12-,13-/m1/s1. The summed E-state index contributed by atoms with van der Waals surface area (Å²) in [5.41, 5.74) is 0. The van der Waals surface area contributed by atoms with E-state index in [-0.39, 0.29) is 12.5 Å². The highest BCUT2D eigenvalue weighted by molar-refractivity contribution is 5.83. The second-order valence-corrected chi connectivity index (χ2v) is 5.27. The maximum atomic E-state index is 11.5. The van der Waals surface area contributed by atoms with Crippen molar-refractivity contribution in [3.8, 4) is 0 Å². The van der Waals surface area contributed by atoms with E-state index in [0.717, 1.165) is 12.8 Å². The molecule has 0 aromatic rings. The quantitative estimate of drug-likeness (QED) is 0.618. The van der Waals surface area contributed by atoms with Crippen molar-refractivity contribution in [3.05, 3.63) is 0 Å². The first-order valence-corrected chi connectivity index (χ1v) is 7.31. The lowest BCUT2D eigenvalue weighted by Crippen LogP contribution is -2.30. The van der Waals surface area contributed by atoms with Gasteiger partial charge in [0, 0.05) is 13.1 Å². The van der Waals surface area contributed by atoms with Crippen LogP contribution in [0.2, 0.25) is 0 Å². The number of unbranched alkanes of at least 4 members (excludes halogenated alkanes) is 7. The second kappa shape index (κ2) is 8.48. The lowest BCUT2D eigenvalue weighted by atomic mass is 10.1. The normalized spacial score (nSPS) is 23.9. The molecule has 106 valence electrons. The van der Waals surface area contributed by atoms with E-state index in [2.05, 4.69) is 6.92 Å². The molecule has 1 heterocycles. The van der Waals surface area contributed by atoms with Crippen LogP contribution in [-0.2, 0) is 4.79 Å². The summed E-state index contributed by atoms with van der Waals surface area (Å²) in [4.78, 5) is 13.0. The zero-order valence-corrected chi connectivity index (χ0v) is 11.5. The van der Waals surface area contributed by atoms with Crippen molar-refractivity contribution in [2.75, 3.05) is 13.1 Å². The summed E-state index contributed by atoms with van der Waals surface area (Å²) in [5, 5.41) is 18.7. The number of β-amino-alcohol motifs (C(OH)–C–C–N with tert-alkyl or cyclic N) is 1. The molecule has 0 aliphatic carbocycles. The number of nitrogens with zero attached hydrogens (tertiary/aromatic N) is 1. The SMILES string of the molecule is CCCCCCCCCCN1C[C@@H](O)[C@@H](O)C1=O. The number of carbonyl (C=O) groups excluding carboxylic acids is 1. The molecule has 18 heavy (non-hydrogen) atoms. The molecule has 0 radical (unpaired) electrons. The molecular formula is C14H27NO3. The third kappa shape index (κ3) is 4.94. The Hall–Kier alpha value is -0.610. The molecule has 0 spiro atoms. The average molecular weight is 257 g/mol. The predicted molar refractivity (Wildman–Crippen MR) is 71.2 cm³/mol. The van der Waals surface area contributed by atoms with Gasteiger partial charge in [-0.3, -0.25) is 4.79 Å². The van der Waals surface area contributed by atoms with E-state index >= 15 is 0 Å². The predicted octanol–water partition coefficient (Wildman–Crippen LogP) is 1.69. The maximum absolute atomic E-state index is 11.5. The molecule has 2 N–H and O–H groups in total. The van der Waals surface area contributed by atoms with Crippen molar-refractivity contribution in [2.24, 2.45) is 0 Å². The summed E-state index contributed by atoms with van der Waals surface area (Å²) >= 11 is 0. The molecule has 0 unspecified atom stereocenters. The number of likely N-dealkylation sites (tertiary alicyclic amines) is 1. The van der Waals surface area contributed by atoms with E-state index in [1.54, 1.807) is 4.90 Å². The number of carbonyl (C=O) groups is 1. The summed E-state index contributed by atoms with van der Waals surface area (Å²) in [6.45, 7) is 3.17. The topological polar surface area (TPSA) is 60.8 Å². The van der Waals surface area contributed by atoms with Gasteiger partial charge in [0.1, 0.15) is 6.10 Å². The Morgan fingerprint density at radius 3 is 2.11 bits per heavy atom. The maximum Gasteiger partial charge on any atom is 0.254 e. The first-order chi connectivity index (χ1) is 8.66. The van der Waals surface area contributed by atoms with Gasteiger partial charge in [0.05, 0.1) is 0 Å². The number of amides is 1. The van der Waals surface area contributed by atoms with E-state index in [9.17, 15) is 15.0 Å². The zero-order valence-electron chi connectivity index (χ0n) is 11.5. The fraction of sp³-hybridized carbons (Fsp3) is 0.929. The van der Waals surface area contributed by atoms with E-state index < -0.39 is 12.2 Å². The first kappa shape index (κ1) is 15.4. The Kier molecular flexibility index (Phi) is 7.28. The minimum atomic E-state index is -1.20. The van der Waals surface area contributed by atoms with Crippen molar-refractivity contribution in [3.63, 3.8) is 0 Å². The lowest BCUT2D eigenvalue weighted by molar-refractivity contribution is -0.135. The molecule has 1 amide bonds. The van der Waals surface area contributed by atoms with Gasteiger partial charge in [-0.1, -0.05) is 51.9 Å². The van der Waals surface area contributed by atoms with Crippen LogP contribution in [0.4, 0.5) is 0 Å². The highest BCUT2D eigenvalue weighted by Gasteiger charge is 2.37. The molecule has 1 saturated heterocycles. The van der Waals surface area contributed by atoms with E-state index in [1.165, 1.54) is 38.5 Å². The molecule has 1 fully saturated rings. The number of hydrogen-bond acceptors (Lipinski definition) is 3. The van der Waals surface area contributed by atoms with Crippen LogP contribution in [0.5, 0.6) is 0 Å². The Morgan fingerprint density at radius 1 is 1.06 bits per heavy atom. The fourth-order valence-corrected chi connectivity index (χ4v) is 2.41. The van der Waals surface area contributed by atoms with Crippen molar-refractivity contribution >= 4 is 5.91 Å². The molecule has 0 bridgehead atoms. The summed E-state index contributed by atoms with van der Waals surface area (Å²) in [5.74, 6) is -0.314. The van der Waals surface area contributed by atoms with E-state index in [1.807, 2.05) is 0 Å². The van der Waals surface area contributed by atoms with E-state index in [0.29, 0.717) is 6.54 Å².